The molecule has 42 heavy (non-hydrogen) atoms. The van der Waals surface area contributed by atoms with E-state index in [0.717, 1.165) is 64.5 Å². The van der Waals surface area contributed by atoms with Crippen LogP contribution in [0.25, 0.3) is 10.8 Å². The third-order valence-electron chi connectivity index (χ3n) is 8.76. The summed E-state index contributed by atoms with van der Waals surface area (Å²) in [4.78, 5) is 31.6. The number of anilines is 2. The maximum Gasteiger partial charge on any atom is 0.318 e. The average Bonchev–Trinajstić information content (AvgIpc) is 3.43. The number of carbonyl (C=O) groups is 1. The average molecular weight is 591 g/mol. The number of amides is 1. The Balaban J connectivity index is 1.27. The number of fused-ring (bicyclic) bond motifs is 2. The molecule has 0 saturated carbocycles. The van der Waals surface area contributed by atoms with E-state index in [9.17, 15) is 4.79 Å². The number of likely N-dealkylation sites (N-methyl/N-ethyl adjacent to an activating group) is 1. The highest BCUT2D eigenvalue weighted by Crippen LogP contribution is 2.37. The highest BCUT2D eigenvalue weighted by Gasteiger charge is 2.30. The van der Waals surface area contributed by atoms with Crippen LogP contribution < -0.4 is 14.5 Å². The van der Waals surface area contributed by atoms with Crippen LogP contribution >= 0.6 is 11.6 Å². The quantitative estimate of drug-likeness (QED) is 0.362. The molecule has 3 aliphatic rings. The van der Waals surface area contributed by atoms with E-state index in [1.54, 1.807) is 7.11 Å². The lowest BCUT2D eigenvalue weighted by atomic mass is 10.0. The van der Waals surface area contributed by atoms with E-state index in [0.29, 0.717) is 57.0 Å². The number of ether oxygens (including phenoxy) is 2. The van der Waals surface area contributed by atoms with Crippen molar-refractivity contribution >= 4 is 39.8 Å². The SMILES string of the molecule is C=C(COC)C(=O)N1CCN(c2nc(OC[C@@H]3CCCN3C)nc3c2CCN(c2cccc4cccc(Cl)c24)C3)CC1. The van der Waals surface area contributed by atoms with Gasteiger partial charge in [0, 0.05) is 68.1 Å². The number of hydrogen-bond acceptors (Lipinski definition) is 8. The second kappa shape index (κ2) is 12.5. The Morgan fingerprint density at radius 2 is 1.83 bits per heavy atom. The summed E-state index contributed by atoms with van der Waals surface area (Å²) in [5, 5.41) is 2.94. The van der Waals surface area contributed by atoms with Crippen molar-refractivity contribution in [2.45, 2.75) is 31.8 Å². The third-order valence-corrected chi connectivity index (χ3v) is 9.07. The van der Waals surface area contributed by atoms with Crippen LogP contribution in [0.1, 0.15) is 24.1 Å². The molecule has 1 aromatic heterocycles. The molecule has 6 rings (SSSR count). The van der Waals surface area contributed by atoms with Crippen LogP contribution in [0.2, 0.25) is 5.02 Å². The van der Waals surface area contributed by atoms with Gasteiger partial charge in [-0.15, -0.1) is 0 Å². The number of benzene rings is 2. The van der Waals surface area contributed by atoms with Crippen molar-refractivity contribution in [3.05, 3.63) is 64.8 Å². The Labute approximate surface area is 252 Å². The van der Waals surface area contributed by atoms with Crippen LogP contribution in [0.4, 0.5) is 11.5 Å². The molecular formula is C32H39ClN6O3. The van der Waals surface area contributed by atoms with Gasteiger partial charge in [-0.3, -0.25) is 4.79 Å². The Hall–Kier alpha value is -3.40. The molecule has 2 fully saturated rings. The van der Waals surface area contributed by atoms with Crippen molar-refractivity contribution in [3.8, 4) is 6.01 Å². The van der Waals surface area contributed by atoms with Gasteiger partial charge in [0.1, 0.15) is 12.4 Å². The molecule has 0 radical (unpaired) electrons. The molecule has 4 heterocycles. The zero-order chi connectivity index (χ0) is 29.2. The number of likely N-dealkylation sites (tertiary alicyclic amines) is 1. The smallest absolute Gasteiger partial charge is 0.318 e. The van der Waals surface area contributed by atoms with E-state index < -0.39 is 0 Å². The molecule has 1 atom stereocenters. The van der Waals surface area contributed by atoms with Crippen molar-refractivity contribution in [1.82, 2.24) is 19.8 Å². The molecule has 0 N–H and O–H groups in total. The number of piperazine rings is 1. The normalized spacial score (nSPS) is 19.3. The number of aromatic nitrogens is 2. The van der Waals surface area contributed by atoms with Gasteiger partial charge < -0.3 is 29.1 Å². The van der Waals surface area contributed by atoms with E-state index in [4.69, 9.17) is 31.0 Å². The second-order valence-electron chi connectivity index (χ2n) is 11.4. The predicted molar refractivity (Wildman–Crippen MR) is 167 cm³/mol. The second-order valence-corrected chi connectivity index (χ2v) is 11.9. The Morgan fingerprint density at radius 3 is 2.57 bits per heavy atom. The first-order valence-electron chi connectivity index (χ1n) is 14.8. The zero-order valence-corrected chi connectivity index (χ0v) is 25.3. The van der Waals surface area contributed by atoms with Crippen molar-refractivity contribution in [2.24, 2.45) is 0 Å². The molecule has 2 aromatic carbocycles. The van der Waals surface area contributed by atoms with Gasteiger partial charge in [0.05, 0.1) is 23.9 Å². The van der Waals surface area contributed by atoms with E-state index in [1.807, 2.05) is 17.0 Å². The van der Waals surface area contributed by atoms with Gasteiger partial charge in [-0.25, -0.2) is 0 Å². The van der Waals surface area contributed by atoms with E-state index in [2.05, 4.69) is 52.6 Å². The summed E-state index contributed by atoms with van der Waals surface area (Å²) in [6.07, 6.45) is 3.11. The third kappa shape index (κ3) is 5.78. The van der Waals surface area contributed by atoms with Gasteiger partial charge in [0.2, 0.25) is 0 Å². The van der Waals surface area contributed by atoms with Gasteiger partial charge in [0.15, 0.2) is 0 Å². The fourth-order valence-corrected chi connectivity index (χ4v) is 6.68. The number of rotatable bonds is 8. The van der Waals surface area contributed by atoms with Crippen LogP contribution in [-0.2, 0) is 22.5 Å². The van der Waals surface area contributed by atoms with E-state index in [-0.39, 0.29) is 12.5 Å². The Kier molecular flexibility index (Phi) is 8.51. The standard InChI is InChI=1S/C32H39ClN6O3/c1-22(20-41-3)31(40)38-17-15-37(16-18-38)30-25-12-14-39(28-11-5-8-23-7-4-10-26(33)29(23)28)19-27(25)34-32(35-30)42-21-24-9-6-13-36(24)2/h4-5,7-8,10-11,24H,1,6,9,12-21H2,2-3H3/t24-/m0/s1. The summed E-state index contributed by atoms with van der Waals surface area (Å²) >= 11 is 6.70. The van der Waals surface area contributed by atoms with Crippen LogP contribution in [0.5, 0.6) is 6.01 Å². The fraction of sp³-hybridized carbons (Fsp3) is 0.469. The maximum atomic E-state index is 12.8. The summed E-state index contributed by atoms with van der Waals surface area (Å²) in [6, 6.07) is 13.2. The molecule has 1 amide bonds. The van der Waals surface area contributed by atoms with Crippen molar-refractivity contribution in [2.75, 3.05) is 76.4 Å². The number of carbonyl (C=O) groups excluding carboxylic acids is 1. The molecule has 10 heteroatoms. The highest BCUT2D eigenvalue weighted by molar-refractivity contribution is 6.36. The van der Waals surface area contributed by atoms with Crippen LogP contribution in [-0.4, -0.2) is 98.4 Å². The summed E-state index contributed by atoms with van der Waals surface area (Å²) < 4.78 is 11.4. The maximum absolute atomic E-state index is 12.8. The molecule has 9 nitrogen and oxygen atoms in total. The molecule has 3 aliphatic heterocycles. The largest absolute Gasteiger partial charge is 0.462 e. The molecule has 0 spiro atoms. The van der Waals surface area contributed by atoms with Gasteiger partial charge in [-0.05, 0) is 50.4 Å². The minimum atomic E-state index is -0.0460. The molecule has 0 unspecified atom stereocenters. The molecule has 2 saturated heterocycles. The van der Waals surface area contributed by atoms with Crippen LogP contribution in [0.3, 0.4) is 0 Å². The summed E-state index contributed by atoms with van der Waals surface area (Å²) in [5.41, 5.74) is 3.73. The molecular weight excluding hydrogens is 552 g/mol. The summed E-state index contributed by atoms with van der Waals surface area (Å²) in [6.45, 7) is 9.84. The van der Waals surface area contributed by atoms with Gasteiger partial charge in [0.25, 0.3) is 5.91 Å². The van der Waals surface area contributed by atoms with Crippen LogP contribution in [0, 0.1) is 0 Å². The number of hydrogen-bond donors (Lipinski definition) is 0. The minimum Gasteiger partial charge on any atom is -0.462 e. The lowest BCUT2D eigenvalue weighted by Gasteiger charge is -2.38. The van der Waals surface area contributed by atoms with Crippen molar-refractivity contribution < 1.29 is 14.3 Å². The van der Waals surface area contributed by atoms with Gasteiger partial charge in [-0.1, -0.05) is 42.4 Å². The molecule has 222 valence electrons. The highest BCUT2D eigenvalue weighted by atomic mass is 35.5. The van der Waals surface area contributed by atoms with E-state index in [1.165, 1.54) is 6.42 Å². The fourth-order valence-electron chi connectivity index (χ4n) is 6.40. The minimum absolute atomic E-state index is 0.0460. The number of nitrogens with zero attached hydrogens (tertiary/aromatic N) is 6. The van der Waals surface area contributed by atoms with Gasteiger partial charge >= 0.3 is 6.01 Å². The Bertz CT molecular complexity index is 1470. The summed E-state index contributed by atoms with van der Waals surface area (Å²) in [5.74, 6) is 0.878. The summed E-state index contributed by atoms with van der Waals surface area (Å²) in [7, 11) is 3.73. The van der Waals surface area contributed by atoms with E-state index >= 15 is 0 Å². The number of methoxy groups -OCH3 is 1. The monoisotopic (exact) mass is 590 g/mol. The zero-order valence-electron chi connectivity index (χ0n) is 24.5. The van der Waals surface area contributed by atoms with Crippen LogP contribution in [0.15, 0.2) is 48.6 Å². The topological polar surface area (TPSA) is 74.3 Å². The first-order chi connectivity index (χ1) is 20.4. The van der Waals surface area contributed by atoms with Crippen molar-refractivity contribution in [1.29, 1.82) is 0 Å². The van der Waals surface area contributed by atoms with Gasteiger partial charge in [-0.2, -0.15) is 9.97 Å². The first-order valence-corrected chi connectivity index (χ1v) is 15.2. The lowest BCUT2D eigenvalue weighted by Crippen LogP contribution is -2.50. The molecule has 0 aliphatic carbocycles. The van der Waals surface area contributed by atoms with Crippen molar-refractivity contribution in [3.63, 3.8) is 0 Å². The number of halogens is 1. The first kappa shape index (κ1) is 28.7. The molecule has 3 aromatic rings. The predicted octanol–water partition coefficient (Wildman–Crippen LogP) is 4.17. The molecule has 0 bridgehead atoms. The lowest BCUT2D eigenvalue weighted by molar-refractivity contribution is -0.127. The Morgan fingerprint density at radius 1 is 1.05 bits per heavy atom.